The van der Waals surface area contributed by atoms with E-state index in [1.807, 2.05) is 32.3 Å². The maximum atomic E-state index is 12.6. The molecular formula is C20H22N4O2S. The number of hydrogen-bond donors (Lipinski definition) is 2. The molecule has 0 spiro atoms. The fourth-order valence-corrected chi connectivity index (χ4v) is 3.14. The fourth-order valence-electron chi connectivity index (χ4n) is 2.95. The van der Waals surface area contributed by atoms with E-state index < -0.39 is 0 Å². The van der Waals surface area contributed by atoms with Crippen LogP contribution in [0.25, 0.3) is 10.9 Å². The van der Waals surface area contributed by atoms with Crippen molar-refractivity contribution in [1.29, 1.82) is 0 Å². The van der Waals surface area contributed by atoms with Crippen molar-refractivity contribution in [3.05, 3.63) is 74.3 Å². The minimum absolute atomic E-state index is 0.182. The predicted octanol–water partition coefficient (Wildman–Crippen LogP) is 2.59. The van der Waals surface area contributed by atoms with Gasteiger partial charge in [0.15, 0.2) is 4.77 Å². The quantitative estimate of drug-likeness (QED) is 0.666. The third-order valence-electron chi connectivity index (χ3n) is 4.41. The number of carbonyl (C=O) groups is 1. The van der Waals surface area contributed by atoms with Gasteiger partial charge < -0.3 is 15.2 Å². The maximum Gasteiger partial charge on any atom is 0.261 e. The molecule has 27 heavy (non-hydrogen) atoms. The number of aromatic amines is 1. The SMILES string of the molecule is CN(C)Cc1ccccc1CNC(=O)c1ccc2c(=O)n(C)c(=S)[nH]c2c1. The highest BCUT2D eigenvalue weighted by atomic mass is 32.1. The van der Waals surface area contributed by atoms with Crippen LogP contribution in [0, 0.1) is 4.77 Å². The van der Waals surface area contributed by atoms with Gasteiger partial charge in [-0.1, -0.05) is 24.3 Å². The molecule has 0 radical (unpaired) electrons. The topological polar surface area (TPSA) is 70.1 Å². The Morgan fingerprint density at radius 1 is 1.19 bits per heavy atom. The molecule has 3 aromatic rings. The van der Waals surface area contributed by atoms with E-state index in [-0.39, 0.29) is 11.5 Å². The summed E-state index contributed by atoms with van der Waals surface area (Å²) in [5.74, 6) is -0.198. The van der Waals surface area contributed by atoms with Crippen LogP contribution in [0.3, 0.4) is 0 Å². The number of aromatic nitrogens is 2. The first-order valence-corrected chi connectivity index (χ1v) is 9.00. The predicted molar refractivity (Wildman–Crippen MR) is 109 cm³/mol. The minimum atomic E-state index is -0.198. The number of benzene rings is 2. The number of rotatable bonds is 5. The second kappa shape index (κ2) is 7.85. The highest BCUT2D eigenvalue weighted by Gasteiger charge is 2.10. The first-order valence-electron chi connectivity index (χ1n) is 8.59. The third-order valence-corrected chi connectivity index (χ3v) is 4.78. The van der Waals surface area contributed by atoms with Crippen LogP contribution < -0.4 is 10.9 Å². The Morgan fingerprint density at radius 2 is 1.89 bits per heavy atom. The van der Waals surface area contributed by atoms with Crippen LogP contribution >= 0.6 is 12.2 Å². The lowest BCUT2D eigenvalue weighted by Crippen LogP contribution is -2.24. The minimum Gasteiger partial charge on any atom is -0.348 e. The lowest BCUT2D eigenvalue weighted by Gasteiger charge is -2.14. The molecule has 7 heteroatoms. The van der Waals surface area contributed by atoms with Crippen molar-refractivity contribution >= 4 is 29.0 Å². The molecule has 6 nitrogen and oxygen atoms in total. The fraction of sp³-hybridized carbons (Fsp3) is 0.250. The van der Waals surface area contributed by atoms with E-state index in [0.717, 1.165) is 12.1 Å². The average molecular weight is 382 g/mol. The van der Waals surface area contributed by atoms with Crippen molar-refractivity contribution in [2.45, 2.75) is 13.1 Å². The normalized spacial score (nSPS) is 11.1. The molecule has 0 aliphatic heterocycles. The smallest absolute Gasteiger partial charge is 0.261 e. The molecule has 0 saturated heterocycles. The zero-order valence-electron chi connectivity index (χ0n) is 15.6. The van der Waals surface area contributed by atoms with Crippen molar-refractivity contribution in [1.82, 2.24) is 19.8 Å². The van der Waals surface area contributed by atoms with Gasteiger partial charge in [0.1, 0.15) is 0 Å². The van der Waals surface area contributed by atoms with E-state index in [0.29, 0.717) is 27.8 Å². The summed E-state index contributed by atoms with van der Waals surface area (Å²) in [4.78, 5) is 29.9. The lowest BCUT2D eigenvalue weighted by molar-refractivity contribution is 0.0951. The first kappa shape index (κ1) is 19.0. The maximum absolute atomic E-state index is 12.6. The number of fused-ring (bicyclic) bond motifs is 1. The van der Waals surface area contributed by atoms with Crippen LogP contribution in [0.5, 0.6) is 0 Å². The Bertz CT molecular complexity index is 1110. The third kappa shape index (κ3) is 4.15. The Kier molecular flexibility index (Phi) is 5.53. The van der Waals surface area contributed by atoms with E-state index in [1.54, 1.807) is 25.2 Å². The Hall–Kier alpha value is -2.77. The number of hydrogen-bond acceptors (Lipinski definition) is 4. The summed E-state index contributed by atoms with van der Waals surface area (Å²) in [6.45, 7) is 1.25. The van der Waals surface area contributed by atoms with Gasteiger partial charge in [0, 0.05) is 25.7 Å². The molecule has 3 rings (SSSR count). The molecule has 2 aromatic carbocycles. The summed E-state index contributed by atoms with van der Waals surface area (Å²) in [6.07, 6.45) is 0. The Labute approximate surface area is 162 Å². The summed E-state index contributed by atoms with van der Waals surface area (Å²) >= 11 is 5.14. The van der Waals surface area contributed by atoms with Crippen molar-refractivity contribution < 1.29 is 4.79 Å². The van der Waals surface area contributed by atoms with E-state index in [2.05, 4.69) is 21.3 Å². The first-order chi connectivity index (χ1) is 12.9. The van der Waals surface area contributed by atoms with Crippen molar-refractivity contribution in [3.63, 3.8) is 0 Å². The largest absolute Gasteiger partial charge is 0.348 e. The Balaban J connectivity index is 1.82. The summed E-state index contributed by atoms with van der Waals surface area (Å²) in [6, 6.07) is 13.0. The van der Waals surface area contributed by atoms with Crippen LogP contribution in [-0.2, 0) is 20.1 Å². The molecule has 0 unspecified atom stereocenters. The van der Waals surface area contributed by atoms with Crippen LogP contribution in [0.2, 0.25) is 0 Å². The Morgan fingerprint density at radius 3 is 2.59 bits per heavy atom. The number of amides is 1. The van der Waals surface area contributed by atoms with Crippen molar-refractivity contribution in [2.75, 3.05) is 14.1 Å². The molecule has 1 aromatic heterocycles. The number of nitrogens with one attached hydrogen (secondary N) is 2. The van der Waals surface area contributed by atoms with Gasteiger partial charge in [0.2, 0.25) is 0 Å². The number of nitrogens with zero attached hydrogens (tertiary/aromatic N) is 2. The molecule has 1 heterocycles. The molecule has 140 valence electrons. The summed E-state index contributed by atoms with van der Waals surface area (Å²) in [5.41, 5.74) is 3.11. The molecule has 0 bridgehead atoms. The summed E-state index contributed by atoms with van der Waals surface area (Å²) in [5, 5.41) is 3.45. The summed E-state index contributed by atoms with van der Waals surface area (Å²) < 4.78 is 1.70. The lowest BCUT2D eigenvalue weighted by atomic mass is 10.1. The van der Waals surface area contributed by atoms with Crippen LogP contribution in [0.15, 0.2) is 47.3 Å². The average Bonchev–Trinajstić information content (AvgIpc) is 2.64. The van der Waals surface area contributed by atoms with Crippen LogP contribution in [0.4, 0.5) is 0 Å². The van der Waals surface area contributed by atoms with Gasteiger partial charge in [-0.25, -0.2) is 0 Å². The highest BCUT2D eigenvalue weighted by molar-refractivity contribution is 7.71. The van der Waals surface area contributed by atoms with E-state index in [1.165, 1.54) is 10.1 Å². The van der Waals surface area contributed by atoms with Gasteiger partial charge in [-0.15, -0.1) is 0 Å². The van der Waals surface area contributed by atoms with E-state index in [9.17, 15) is 9.59 Å². The second-order valence-corrected chi connectivity index (χ2v) is 7.13. The number of H-pyrrole nitrogens is 1. The molecule has 0 saturated carbocycles. The molecular weight excluding hydrogens is 360 g/mol. The van der Waals surface area contributed by atoms with E-state index >= 15 is 0 Å². The standard InChI is InChI=1S/C20H22N4O2S/c1-23(2)12-15-7-5-4-6-14(15)11-21-18(25)13-8-9-16-17(10-13)22-20(27)24(3)19(16)26/h4-10H,11-12H2,1-3H3,(H,21,25)(H,22,27). The summed E-state index contributed by atoms with van der Waals surface area (Å²) in [7, 11) is 5.64. The molecule has 2 N–H and O–H groups in total. The van der Waals surface area contributed by atoms with Crippen LogP contribution in [0.1, 0.15) is 21.5 Å². The monoisotopic (exact) mass is 382 g/mol. The van der Waals surface area contributed by atoms with Crippen molar-refractivity contribution in [3.8, 4) is 0 Å². The zero-order chi connectivity index (χ0) is 19.6. The van der Waals surface area contributed by atoms with Gasteiger partial charge in [-0.05, 0) is 55.6 Å². The van der Waals surface area contributed by atoms with Crippen LogP contribution in [-0.4, -0.2) is 34.5 Å². The zero-order valence-corrected chi connectivity index (χ0v) is 16.4. The molecule has 0 aliphatic rings. The van der Waals surface area contributed by atoms with Gasteiger partial charge in [0.25, 0.3) is 11.5 Å². The van der Waals surface area contributed by atoms with Gasteiger partial charge >= 0.3 is 0 Å². The molecule has 0 fully saturated rings. The van der Waals surface area contributed by atoms with Gasteiger partial charge in [0.05, 0.1) is 10.9 Å². The van der Waals surface area contributed by atoms with Gasteiger partial charge in [-0.2, -0.15) is 0 Å². The highest BCUT2D eigenvalue weighted by Crippen LogP contribution is 2.13. The molecule has 0 aliphatic carbocycles. The van der Waals surface area contributed by atoms with Crippen molar-refractivity contribution in [2.24, 2.45) is 7.05 Å². The second-order valence-electron chi connectivity index (χ2n) is 6.74. The van der Waals surface area contributed by atoms with Gasteiger partial charge in [-0.3, -0.25) is 14.2 Å². The van der Waals surface area contributed by atoms with E-state index in [4.69, 9.17) is 12.2 Å². The molecule has 0 atom stereocenters. The number of carbonyl (C=O) groups excluding carboxylic acids is 1. The molecule has 1 amide bonds.